The van der Waals surface area contributed by atoms with E-state index < -0.39 is 11.8 Å². The largest absolute Gasteiger partial charge is 0.478 e. The molecule has 4 rings (SSSR count). The highest BCUT2D eigenvalue weighted by molar-refractivity contribution is 5.96. The molecule has 9 heteroatoms. The van der Waals surface area contributed by atoms with E-state index in [0.717, 1.165) is 25.0 Å². The molecule has 1 aliphatic rings. The summed E-state index contributed by atoms with van der Waals surface area (Å²) in [7, 11) is 0. The zero-order valence-corrected chi connectivity index (χ0v) is 13.1. The number of carboxylic acid groups (broad SMARTS) is 1. The van der Waals surface area contributed by atoms with Gasteiger partial charge in [0.15, 0.2) is 11.6 Å². The van der Waals surface area contributed by atoms with Gasteiger partial charge in [0.2, 0.25) is 0 Å². The van der Waals surface area contributed by atoms with Crippen molar-refractivity contribution in [2.24, 2.45) is 0 Å². The lowest BCUT2D eigenvalue weighted by molar-refractivity contribution is 0.0697. The Kier molecular flexibility index (Phi) is 3.77. The SMILES string of the molecule is O=C(O)c1ccnnc1Nc1nn([C@H]2CCNC2)c2ccc(F)cc12. The maximum atomic E-state index is 13.8. The third kappa shape index (κ3) is 2.78. The highest BCUT2D eigenvalue weighted by atomic mass is 19.1. The Morgan fingerprint density at radius 2 is 2.24 bits per heavy atom. The summed E-state index contributed by atoms with van der Waals surface area (Å²) in [6.07, 6.45) is 2.22. The fraction of sp³-hybridized carbons (Fsp3) is 0.250. The van der Waals surface area contributed by atoms with Gasteiger partial charge < -0.3 is 15.7 Å². The predicted octanol–water partition coefficient (Wildman–Crippen LogP) is 1.94. The van der Waals surface area contributed by atoms with Gasteiger partial charge >= 0.3 is 5.97 Å². The van der Waals surface area contributed by atoms with Gasteiger partial charge in [0, 0.05) is 11.9 Å². The van der Waals surface area contributed by atoms with Gasteiger partial charge in [-0.25, -0.2) is 9.18 Å². The van der Waals surface area contributed by atoms with Crippen LogP contribution in [-0.4, -0.2) is 44.1 Å². The van der Waals surface area contributed by atoms with Gasteiger partial charge in [-0.05, 0) is 37.2 Å². The van der Waals surface area contributed by atoms with Crippen molar-refractivity contribution in [1.29, 1.82) is 0 Å². The van der Waals surface area contributed by atoms with Crippen molar-refractivity contribution in [1.82, 2.24) is 25.3 Å². The number of rotatable bonds is 4. The molecule has 1 aliphatic heterocycles. The molecule has 1 saturated heterocycles. The second-order valence-corrected chi connectivity index (χ2v) is 5.82. The Hall–Kier alpha value is -3.07. The number of benzene rings is 1. The van der Waals surface area contributed by atoms with Crippen molar-refractivity contribution >= 4 is 28.5 Å². The molecule has 3 heterocycles. The molecule has 8 nitrogen and oxygen atoms in total. The maximum Gasteiger partial charge on any atom is 0.339 e. The first-order valence-electron chi connectivity index (χ1n) is 7.84. The lowest BCUT2D eigenvalue weighted by atomic mass is 10.2. The number of nitrogens with one attached hydrogen (secondary N) is 2. The summed E-state index contributed by atoms with van der Waals surface area (Å²) in [5.74, 6) is -1.11. The van der Waals surface area contributed by atoms with E-state index in [9.17, 15) is 14.3 Å². The number of aromatic nitrogens is 4. The zero-order chi connectivity index (χ0) is 17.4. The molecule has 0 unspecified atom stereocenters. The van der Waals surface area contributed by atoms with E-state index in [1.165, 1.54) is 24.4 Å². The van der Waals surface area contributed by atoms with Crippen LogP contribution in [-0.2, 0) is 0 Å². The van der Waals surface area contributed by atoms with Crippen LogP contribution >= 0.6 is 0 Å². The third-order valence-corrected chi connectivity index (χ3v) is 4.24. The number of fused-ring (bicyclic) bond motifs is 1. The highest BCUT2D eigenvalue weighted by Crippen LogP contribution is 2.30. The number of aromatic carboxylic acids is 1. The van der Waals surface area contributed by atoms with E-state index >= 15 is 0 Å². The lowest BCUT2D eigenvalue weighted by Crippen LogP contribution is -2.14. The normalized spacial score (nSPS) is 17.1. The van der Waals surface area contributed by atoms with Crippen LogP contribution in [0.1, 0.15) is 22.8 Å². The molecule has 25 heavy (non-hydrogen) atoms. The number of anilines is 2. The predicted molar refractivity (Wildman–Crippen MR) is 88.5 cm³/mol. The Morgan fingerprint density at radius 1 is 1.36 bits per heavy atom. The molecule has 1 fully saturated rings. The van der Waals surface area contributed by atoms with Crippen LogP contribution in [0.25, 0.3) is 10.9 Å². The summed E-state index contributed by atoms with van der Waals surface area (Å²) in [4.78, 5) is 11.3. The van der Waals surface area contributed by atoms with Gasteiger partial charge in [0.1, 0.15) is 11.4 Å². The quantitative estimate of drug-likeness (QED) is 0.665. The fourth-order valence-electron chi connectivity index (χ4n) is 3.04. The monoisotopic (exact) mass is 342 g/mol. The van der Waals surface area contributed by atoms with E-state index in [2.05, 4.69) is 25.9 Å². The first kappa shape index (κ1) is 15.5. The second kappa shape index (κ2) is 6.10. The summed E-state index contributed by atoms with van der Waals surface area (Å²) in [6.45, 7) is 1.67. The van der Waals surface area contributed by atoms with E-state index in [1.807, 2.05) is 4.68 Å². The maximum absolute atomic E-state index is 13.8. The topological polar surface area (TPSA) is 105 Å². The summed E-state index contributed by atoms with van der Waals surface area (Å²) in [6, 6.07) is 5.94. The van der Waals surface area contributed by atoms with Gasteiger partial charge in [0.05, 0.1) is 17.8 Å². The van der Waals surface area contributed by atoms with E-state index in [4.69, 9.17) is 0 Å². The molecule has 1 atom stereocenters. The Morgan fingerprint density at radius 3 is 3.00 bits per heavy atom. The summed E-state index contributed by atoms with van der Waals surface area (Å²) >= 11 is 0. The Labute approximate surface area is 141 Å². The number of nitrogens with zero attached hydrogens (tertiary/aromatic N) is 4. The van der Waals surface area contributed by atoms with Crippen LogP contribution in [0.2, 0.25) is 0 Å². The minimum Gasteiger partial charge on any atom is -0.478 e. The Balaban J connectivity index is 1.82. The van der Waals surface area contributed by atoms with Gasteiger partial charge in [0.25, 0.3) is 0 Å². The van der Waals surface area contributed by atoms with Gasteiger partial charge in [-0.1, -0.05) is 0 Å². The summed E-state index contributed by atoms with van der Waals surface area (Å²) in [5, 5.41) is 28.1. The highest BCUT2D eigenvalue weighted by Gasteiger charge is 2.22. The molecule has 0 amide bonds. The van der Waals surface area contributed by atoms with Gasteiger partial charge in [-0.2, -0.15) is 10.2 Å². The average Bonchev–Trinajstić information content (AvgIpc) is 3.23. The lowest BCUT2D eigenvalue weighted by Gasteiger charge is -2.10. The number of hydrogen-bond acceptors (Lipinski definition) is 6. The number of hydrogen-bond donors (Lipinski definition) is 3. The standard InChI is InChI=1S/C16H15FN6O2/c17-9-1-2-13-12(7-9)15(22-23(13)10-3-5-18-8-10)20-14-11(16(24)25)4-6-19-21-14/h1-2,4,6-7,10,18H,3,5,8H2,(H,24,25)(H,20,21,22)/t10-/m0/s1. The van der Waals surface area contributed by atoms with Crippen molar-refractivity contribution in [3.8, 4) is 0 Å². The molecular formula is C16H15FN6O2. The molecule has 0 spiro atoms. The van der Waals surface area contributed by atoms with Crippen LogP contribution < -0.4 is 10.6 Å². The molecule has 128 valence electrons. The molecule has 0 radical (unpaired) electrons. The van der Waals surface area contributed by atoms with E-state index in [-0.39, 0.29) is 17.4 Å². The second-order valence-electron chi connectivity index (χ2n) is 5.82. The van der Waals surface area contributed by atoms with Crippen LogP contribution in [0, 0.1) is 5.82 Å². The first-order chi connectivity index (χ1) is 12.1. The van der Waals surface area contributed by atoms with Crippen molar-refractivity contribution in [3.63, 3.8) is 0 Å². The third-order valence-electron chi connectivity index (χ3n) is 4.24. The van der Waals surface area contributed by atoms with Crippen molar-refractivity contribution in [2.45, 2.75) is 12.5 Å². The molecule has 0 saturated carbocycles. The van der Waals surface area contributed by atoms with Crippen LogP contribution in [0.15, 0.2) is 30.5 Å². The van der Waals surface area contributed by atoms with Crippen molar-refractivity contribution in [3.05, 3.63) is 41.8 Å². The van der Waals surface area contributed by atoms with Crippen molar-refractivity contribution < 1.29 is 14.3 Å². The van der Waals surface area contributed by atoms with Crippen molar-refractivity contribution in [2.75, 3.05) is 18.4 Å². The minimum absolute atomic E-state index is 0.0309. The average molecular weight is 342 g/mol. The van der Waals surface area contributed by atoms with E-state index in [1.54, 1.807) is 6.07 Å². The van der Waals surface area contributed by atoms with Gasteiger partial charge in [-0.15, -0.1) is 5.10 Å². The smallest absolute Gasteiger partial charge is 0.339 e. The van der Waals surface area contributed by atoms with Crippen LogP contribution in [0.4, 0.5) is 16.0 Å². The molecule has 2 aromatic heterocycles. The number of carboxylic acids is 1. The first-order valence-corrected chi connectivity index (χ1v) is 7.84. The minimum atomic E-state index is -1.13. The number of halogens is 1. The summed E-state index contributed by atoms with van der Waals surface area (Å²) in [5.41, 5.74) is 0.745. The molecule has 0 aliphatic carbocycles. The molecule has 0 bridgehead atoms. The molecule has 1 aromatic carbocycles. The van der Waals surface area contributed by atoms with Gasteiger partial charge in [-0.3, -0.25) is 4.68 Å². The van der Waals surface area contributed by atoms with E-state index in [0.29, 0.717) is 11.2 Å². The van der Waals surface area contributed by atoms with Crippen LogP contribution in [0.3, 0.4) is 0 Å². The zero-order valence-electron chi connectivity index (χ0n) is 13.1. The van der Waals surface area contributed by atoms with Crippen LogP contribution in [0.5, 0.6) is 0 Å². The molecule has 3 aromatic rings. The fourth-order valence-corrected chi connectivity index (χ4v) is 3.04. The number of carbonyl (C=O) groups is 1. The molecular weight excluding hydrogens is 327 g/mol. The summed E-state index contributed by atoms with van der Waals surface area (Å²) < 4.78 is 15.6. The molecule has 3 N–H and O–H groups in total. The Bertz CT molecular complexity index is 951.